The van der Waals surface area contributed by atoms with E-state index in [0.29, 0.717) is 12.2 Å². The lowest BCUT2D eigenvalue weighted by Gasteiger charge is -2.10. The van der Waals surface area contributed by atoms with E-state index >= 15 is 0 Å². The zero-order valence-electron chi connectivity index (χ0n) is 8.47. The van der Waals surface area contributed by atoms with E-state index in [1.165, 1.54) is 6.07 Å². The average Bonchev–Trinajstić information content (AvgIpc) is 2.44. The molecular formula is C12H9N3O. The number of hydrogen-bond acceptors (Lipinski definition) is 4. The monoisotopic (exact) mass is 211 g/mol. The molecule has 0 radical (unpaired) electrons. The molecular weight excluding hydrogens is 202 g/mol. The van der Waals surface area contributed by atoms with Crippen molar-refractivity contribution in [1.29, 1.82) is 0 Å². The van der Waals surface area contributed by atoms with Gasteiger partial charge in [-0.05, 0) is 6.07 Å². The minimum atomic E-state index is -0.243. The Kier molecular flexibility index (Phi) is 1.93. The van der Waals surface area contributed by atoms with Gasteiger partial charge in [0, 0.05) is 23.2 Å². The third kappa shape index (κ3) is 1.35. The third-order valence-electron chi connectivity index (χ3n) is 2.55. The second-order valence-electron chi connectivity index (χ2n) is 3.59. The van der Waals surface area contributed by atoms with Crippen LogP contribution < -0.4 is 10.9 Å². The first-order valence-corrected chi connectivity index (χ1v) is 5.02. The number of nitrogens with zero attached hydrogens (tertiary/aromatic N) is 2. The Morgan fingerprint density at radius 2 is 2.12 bits per heavy atom. The summed E-state index contributed by atoms with van der Waals surface area (Å²) in [6, 6.07) is 9.10. The number of nitrogens with one attached hydrogen (secondary N) is 1. The third-order valence-corrected chi connectivity index (χ3v) is 2.55. The van der Waals surface area contributed by atoms with Crippen LogP contribution in [0.15, 0.2) is 40.1 Å². The van der Waals surface area contributed by atoms with Gasteiger partial charge in [0.15, 0.2) is 0 Å². The summed E-state index contributed by atoms with van der Waals surface area (Å²) in [7, 11) is 0. The Morgan fingerprint density at radius 1 is 1.25 bits per heavy atom. The van der Waals surface area contributed by atoms with Crippen molar-refractivity contribution in [3.8, 4) is 0 Å². The van der Waals surface area contributed by atoms with E-state index < -0.39 is 0 Å². The fraction of sp³-hybridized carbons (Fsp3) is 0.0833. The van der Waals surface area contributed by atoms with Gasteiger partial charge in [-0.15, -0.1) is 0 Å². The number of rotatable bonds is 0. The number of anilines is 1. The summed E-state index contributed by atoms with van der Waals surface area (Å²) in [6.07, 6.45) is 1.71. The van der Waals surface area contributed by atoms with Gasteiger partial charge < -0.3 is 5.32 Å². The molecule has 0 saturated carbocycles. The number of benzene rings is 1. The number of fused-ring (bicyclic) bond motifs is 3. The number of hydrogen-bond donors (Lipinski definition) is 1. The van der Waals surface area contributed by atoms with Crippen molar-refractivity contribution in [3.05, 3.63) is 46.2 Å². The SMILES string of the molecule is O=c1cc2c(c3ccccc3n1)NCN=C2. The van der Waals surface area contributed by atoms with E-state index in [-0.39, 0.29) is 5.56 Å². The van der Waals surface area contributed by atoms with E-state index in [1.807, 2.05) is 24.3 Å². The molecule has 0 saturated heterocycles. The molecule has 0 fully saturated rings. The molecule has 0 bridgehead atoms. The number of para-hydroxylation sites is 1. The molecule has 3 rings (SSSR count). The molecule has 16 heavy (non-hydrogen) atoms. The molecule has 2 aromatic rings. The molecule has 1 aromatic heterocycles. The Labute approximate surface area is 91.7 Å². The highest BCUT2D eigenvalue weighted by Crippen LogP contribution is 2.23. The first kappa shape index (κ1) is 9.03. The Bertz CT molecular complexity index is 649. The Morgan fingerprint density at radius 3 is 3.06 bits per heavy atom. The number of aliphatic imine (C=N–C) groups is 1. The van der Waals surface area contributed by atoms with E-state index in [1.54, 1.807) is 6.21 Å². The molecule has 1 aromatic carbocycles. The first-order valence-electron chi connectivity index (χ1n) is 5.02. The van der Waals surface area contributed by atoms with E-state index in [2.05, 4.69) is 15.3 Å². The van der Waals surface area contributed by atoms with Gasteiger partial charge >= 0.3 is 0 Å². The van der Waals surface area contributed by atoms with Crippen LogP contribution in [-0.2, 0) is 0 Å². The lowest BCUT2D eigenvalue weighted by molar-refractivity contribution is 1.13. The molecule has 1 N–H and O–H groups in total. The van der Waals surface area contributed by atoms with Crippen molar-refractivity contribution in [2.45, 2.75) is 0 Å². The minimum absolute atomic E-state index is 0.243. The van der Waals surface area contributed by atoms with Gasteiger partial charge in [0.05, 0.1) is 11.2 Å². The molecule has 1 aliphatic heterocycles. The van der Waals surface area contributed by atoms with Crippen LogP contribution in [-0.4, -0.2) is 17.9 Å². The highest BCUT2D eigenvalue weighted by Gasteiger charge is 2.08. The summed E-state index contributed by atoms with van der Waals surface area (Å²) in [4.78, 5) is 19.7. The van der Waals surface area contributed by atoms with Crippen molar-refractivity contribution in [2.24, 2.45) is 4.99 Å². The van der Waals surface area contributed by atoms with E-state index in [4.69, 9.17) is 0 Å². The van der Waals surface area contributed by atoms with E-state index in [9.17, 15) is 4.79 Å². The molecule has 0 aliphatic carbocycles. The first-order chi connectivity index (χ1) is 7.84. The molecule has 2 heterocycles. The van der Waals surface area contributed by atoms with Gasteiger partial charge in [-0.1, -0.05) is 18.2 Å². The highest BCUT2D eigenvalue weighted by molar-refractivity contribution is 6.01. The molecule has 4 heteroatoms. The van der Waals surface area contributed by atoms with Crippen molar-refractivity contribution >= 4 is 22.8 Å². The van der Waals surface area contributed by atoms with E-state index in [0.717, 1.165) is 16.6 Å². The topological polar surface area (TPSA) is 54.4 Å². The van der Waals surface area contributed by atoms with Crippen LogP contribution in [0, 0.1) is 0 Å². The van der Waals surface area contributed by atoms with Crippen molar-refractivity contribution in [2.75, 3.05) is 12.0 Å². The van der Waals surface area contributed by atoms with Crippen LogP contribution in [0.1, 0.15) is 5.56 Å². The van der Waals surface area contributed by atoms with Crippen LogP contribution in [0.3, 0.4) is 0 Å². The summed E-state index contributed by atoms with van der Waals surface area (Å²) >= 11 is 0. The summed E-state index contributed by atoms with van der Waals surface area (Å²) < 4.78 is 0. The van der Waals surface area contributed by atoms with Crippen molar-refractivity contribution in [3.63, 3.8) is 0 Å². The normalized spacial score (nSPS) is 13.2. The lowest BCUT2D eigenvalue weighted by atomic mass is 10.1. The molecule has 0 spiro atoms. The Balaban J connectivity index is 2.54. The predicted molar refractivity (Wildman–Crippen MR) is 64.1 cm³/mol. The lowest BCUT2D eigenvalue weighted by Crippen LogP contribution is -2.08. The van der Waals surface area contributed by atoms with Crippen molar-refractivity contribution < 1.29 is 0 Å². The minimum Gasteiger partial charge on any atom is -0.365 e. The zero-order chi connectivity index (χ0) is 11.0. The van der Waals surface area contributed by atoms with Gasteiger partial charge in [0.1, 0.15) is 6.67 Å². The summed E-state index contributed by atoms with van der Waals surface area (Å²) in [6.45, 7) is 0.537. The fourth-order valence-corrected chi connectivity index (χ4v) is 1.86. The maximum Gasteiger partial charge on any atom is 0.271 e. The molecule has 78 valence electrons. The van der Waals surface area contributed by atoms with Gasteiger partial charge in [-0.2, -0.15) is 0 Å². The maximum absolute atomic E-state index is 11.6. The zero-order valence-corrected chi connectivity index (χ0v) is 8.47. The Hall–Kier alpha value is -2.23. The van der Waals surface area contributed by atoms with Crippen molar-refractivity contribution in [1.82, 2.24) is 4.98 Å². The quantitative estimate of drug-likeness (QED) is 0.716. The number of aromatic nitrogens is 1. The molecule has 1 aliphatic rings. The van der Waals surface area contributed by atoms with Crippen LogP contribution in [0.25, 0.3) is 10.9 Å². The molecule has 4 nitrogen and oxygen atoms in total. The van der Waals surface area contributed by atoms with Gasteiger partial charge in [0.25, 0.3) is 5.56 Å². The predicted octanol–water partition coefficient (Wildman–Crippen LogP) is 1.40. The van der Waals surface area contributed by atoms with Crippen LogP contribution in [0.4, 0.5) is 5.69 Å². The summed E-state index contributed by atoms with van der Waals surface area (Å²) in [5.74, 6) is 0. The largest absolute Gasteiger partial charge is 0.365 e. The van der Waals surface area contributed by atoms with Gasteiger partial charge in [-0.25, -0.2) is 4.98 Å². The standard InChI is InChI=1S/C12H9N3O/c16-11-5-8-6-13-7-14-12(8)9-3-1-2-4-10(9)15-11/h1-6,14H,7H2. The van der Waals surface area contributed by atoms with Gasteiger partial charge in [-0.3, -0.25) is 9.79 Å². The van der Waals surface area contributed by atoms with Crippen LogP contribution in [0.2, 0.25) is 0 Å². The fourth-order valence-electron chi connectivity index (χ4n) is 1.86. The highest BCUT2D eigenvalue weighted by atomic mass is 16.1. The van der Waals surface area contributed by atoms with Gasteiger partial charge in [0.2, 0.25) is 0 Å². The molecule has 0 unspecified atom stereocenters. The second kappa shape index (κ2) is 3.41. The summed E-state index contributed by atoms with van der Waals surface area (Å²) in [5, 5.41) is 4.13. The summed E-state index contributed by atoms with van der Waals surface area (Å²) in [5.41, 5.74) is 2.19. The molecule has 0 amide bonds. The molecule has 0 atom stereocenters. The van der Waals surface area contributed by atoms with Crippen LogP contribution in [0.5, 0.6) is 0 Å². The second-order valence-corrected chi connectivity index (χ2v) is 3.59. The maximum atomic E-state index is 11.6. The smallest absolute Gasteiger partial charge is 0.271 e. The average molecular weight is 211 g/mol. The van der Waals surface area contributed by atoms with Crippen LogP contribution >= 0.6 is 0 Å².